The molecule has 2 aromatic carbocycles. The Balaban J connectivity index is 2.45. The Hall–Kier alpha value is -2.63. The van der Waals surface area contributed by atoms with E-state index in [1.807, 2.05) is 0 Å². The molecule has 0 fully saturated rings. The van der Waals surface area contributed by atoms with Crippen molar-refractivity contribution in [1.82, 2.24) is 0 Å². The van der Waals surface area contributed by atoms with Gasteiger partial charge in [-0.3, -0.25) is 0 Å². The summed E-state index contributed by atoms with van der Waals surface area (Å²) >= 11 is 0. The van der Waals surface area contributed by atoms with Gasteiger partial charge in [0.25, 0.3) is 0 Å². The summed E-state index contributed by atoms with van der Waals surface area (Å²) in [6.45, 7) is -0.242. The topological polar surface area (TPSA) is 87.0 Å². The van der Waals surface area contributed by atoms with Crippen LogP contribution in [0.2, 0.25) is 0 Å². The van der Waals surface area contributed by atoms with Gasteiger partial charge in [-0.2, -0.15) is 0 Å². The molecular formula is C18H18O5. The first-order valence-corrected chi connectivity index (χ1v) is 7.02. The van der Waals surface area contributed by atoms with Crippen LogP contribution in [0.15, 0.2) is 42.5 Å². The van der Waals surface area contributed by atoms with Crippen LogP contribution < -0.4 is 4.74 Å². The first kappa shape index (κ1) is 16.7. The Morgan fingerprint density at radius 2 is 1.78 bits per heavy atom. The van der Waals surface area contributed by atoms with Gasteiger partial charge < -0.3 is 20.1 Å². The quantitative estimate of drug-likeness (QED) is 0.562. The molecule has 3 N–H and O–H groups in total. The zero-order chi connectivity index (χ0) is 16.8. The molecule has 0 atom stereocenters. The van der Waals surface area contributed by atoms with E-state index in [-0.39, 0.29) is 18.8 Å². The van der Waals surface area contributed by atoms with Crippen LogP contribution in [0, 0.1) is 0 Å². The Labute approximate surface area is 134 Å². The standard InChI is InChI=1S/C18H18O5/c1-23-17-9-14(6-7-15(17)11-20)16(18(21)22)8-12-2-4-13(10-19)5-3-12/h2-9,19-20H,10-11H2,1H3,(H,21,22)/b16-8+. The summed E-state index contributed by atoms with van der Waals surface area (Å²) in [5.74, 6) is -0.622. The van der Waals surface area contributed by atoms with Gasteiger partial charge in [0.1, 0.15) is 5.75 Å². The van der Waals surface area contributed by atoms with E-state index in [9.17, 15) is 15.0 Å². The molecule has 0 unspecified atom stereocenters. The molecule has 0 heterocycles. The number of methoxy groups -OCH3 is 1. The van der Waals surface area contributed by atoms with Crippen LogP contribution in [-0.2, 0) is 18.0 Å². The number of aliphatic hydroxyl groups excluding tert-OH is 2. The van der Waals surface area contributed by atoms with Gasteiger partial charge in [-0.25, -0.2) is 4.79 Å². The van der Waals surface area contributed by atoms with Gasteiger partial charge in [0, 0.05) is 5.56 Å². The molecule has 5 heteroatoms. The van der Waals surface area contributed by atoms with E-state index in [4.69, 9.17) is 9.84 Å². The van der Waals surface area contributed by atoms with Crippen LogP contribution in [0.5, 0.6) is 5.75 Å². The number of ether oxygens (including phenoxy) is 1. The highest BCUT2D eigenvalue weighted by Gasteiger charge is 2.13. The molecule has 0 aliphatic heterocycles. The summed E-state index contributed by atoms with van der Waals surface area (Å²) in [7, 11) is 1.47. The van der Waals surface area contributed by atoms with Gasteiger partial charge in [0.2, 0.25) is 0 Å². The minimum Gasteiger partial charge on any atom is -0.496 e. The van der Waals surface area contributed by atoms with Gasteiger partial charge in [-0.15, -0.1) is 0 Å². The van der Waals surface area contributed by atoms with Gasteiger partial charge in [0.05, 0.1) is 25.9 Å². The monoisotopic (exact) mass is 314 g/mol. The third kappa shape index (κ3) is 3.97. The molecule has 0 bridgehead atoms. The maximum atomic E-state index is 11.6. The van der Waals surface area contributed by atoms with Crippen molar-refractivity contribution in [2.45, 2.75) is 13.2 Å². The number of carbonyl (C=O) groups is 1. The Morgan fingerprint density at radius 3 is 2.30 bits per heavy atom. The number of rotatable bonds is 6. The fraction of sp³-hybridized carbons (Fsp3) is 0.167. The van der Waals surface area contributed by atoms with E-state index in [0.717, 1.165) is 5.56 Å². The number of aliphatic carboxylic acids is 1. The first-order chi connectivity index (χ1) is 11.1. The summed E-state index contributed by atoms with van der Waals surface area (Å²) in [6.07, 6.45) is 1.55. The van der Waals surface area contributed by atoms with Crippen molar-refractivity contribution in [3.63, 3.8) is 0 Å². The second kappa shape index (κ2) is 7.58. The molecule has 0 aliphatic carbocycles. The molecule has 2 aromatic rings. The molecule has 0 aromatic heterocycles. The first-order valence-electron chi connectivity index (χ1n) is 7.02. The minimum atomic E-state index is -1.06. The van der Waals surface area contributed by atoms with E-state index in [2.05, 4.69) is 0 Å². The molecule has 0 saturated carbocycles. The molecule has 0 aliphatic rings. The van der Waals surface area contributed by atoms with E-state index in [0.29, 0.717) is 22.4 Å². The maximum absolute atomic E-state index is 11.6. The lowest BCUT2D eigenvalue weighted by Crippen LogP contribution is -2.01. The van der Waals surface area contributed by atoms with Crippen LogP contribution in [-0.4, -0.2) is 28.4 Å². The fourth-order valence-electron chi connectivity index (χ4n) is 2.20. The van der Waals surface area contributed by atoms with Crippen LogP contribution in [0.1, 0.15) is 22.3 Å². The number of aliphatic hydroxyl groups is 2. The molecule has 0 saturated heterocycles. The van der Waals surface area contributed by atoms with Crippen molar-refractivity contribution >= 4 is 17.6 Å². The lowest BCUT2D eigenvalue weighted by Gasteiger charge is -2.10. The number of hydrogen-bond acceptors (Lipinski definition) is 4. The third-order valence-corrected chi connectivity index (χ3v) is 3.47. The van der Waals surface area contributed by atoms with Crippen molar-refractivity contribution < 1.29 is 24.9 Å². The highest BCUT2D eigenvalue weighted by molar-refractivity contribution is 6.20. The Bertz CT molecular complexity index is 717. The Kier molecular flexibility index (Phi) is 5.51. The lowest BCUT2D eigenvalue weighted by molar-refractivity contribution is -0.130. The lowest BCUT2D eigenvalue weighted by atomic mass is 10.0. The highest BCUT2D eigenvalue weighted by atomic mass is 16.5. The molecular weight excluding hydrogens is 296 g/mol. The summed E-state index contributed by atoms with van der Waals surface area (Å²) < 4.78 is 5.18. The molecule has 2 rings (SSSR count). The van der Waals surface area contributed by atoms with Crippen LogP contribution in [0.25, 0.3) is 11.6 Å². The average molecular weight is 314 g/mol. The second-order valence-electron chi connectivity index (χ2n) is 4.95. The molecule has 23 heavy (non-hydrogen) atoms. The predicted molar refractivity (Wildman–Crippen MR) is 86.8 cm³/mol. The molecule has 0 spiro atoms. The Morgan fingerprint density at radius 1 is 1.09 bits per heavy atom. The number of carboxylic acid groups (broad SMARTS) is 1. The molecule has 0 amide bonds. The zero-order valence-electron chi connectivity index (χ0n) is 12.7. The van der Waals surface area contributed by atoms with E-state index in [1.165, 1.54) is 7.11 Å². The maximum Gasteiger partial charge on any atom is 0.336 e. The average Bonchev–Trinajstić information content (AvgIpc) is 2.59. The van der Waals surface area contributed by atoms with Crippen molar-refractivity contribution in [2.75, 3.05) is 7.11 Å². The third-order valence-electron chi connectivity index (χ3n) is 3.47. The molecule has 120 valence electrons. The van der Waals surface area contributed by atoms with E-state index in [1.54, 1.807) is 48.5 Å². The largest absolute Gasteiger partial charge is 0.496 e. The molecule has 0 radical (unpaired) electrons. The summed E-state index contributed by atoms with van der Waals surface area (Å²) in [5.41, 5.74) is 2.66. The highest BCUT2D eigenvalue weighted by Crippen LogP contribution is 2.26. The summed E-state index contributed by atoms with van der Waals surface area (Å²) in [4.78, 5) is 11.6. The predicted octanol–water partition coefficient (Wildman–Crippen LogP) is 2.31. The van der Waals surface area contributed by atoms with Crippen molar-refractivity contribution in [1.29, 1.82) is 0 Å². The van der Waals surface area contributed by atoms with E-state index >= 15 is 0 Å². The van der Waals surface area contributed by atoms with Crippen LogP contribution >= 0.6 is 0 Å². The van der Waals surface area contributed by atoms with Gasteiger partial charge in [-0.05, 0) is 28.8 Å². The van der Waals surface area contributed by atoms with Gasteiger partial charge in [0.15, 0.2) is 0 Å². The number of carboxylic acids is 1. The zero-order valence-corrected chi connectivity index (χ0v) is 12.7. The summed E-state index contributed by atoms with van der Waals surface area (Å²) in [5, 5.41) is 27.8. The SMILES string of the molecule is COc1cc(/C(=C\c2ccc(CO)cc2)C(=O)O)ccc1CO. The van der Waals surface area contributed by atoms with Gasteiger partial charge >= 0.3 is 5.97 Å². The smallest absolute Gasteiger partial charge is 0.336 e. The van der Waals surface area contributed by atoms with Crippen LogP contribution in [0.3, 0.4) is 0 Å². The number of hydrogen-bond donors (Lipinski definition) is 3. The van der Waals surface area contributed by atoms with E-state index < -0.39 is 5.97 Å². The second-order valence-corrected chi connectivity index (χ2v) is 4.95. The van der Waals surface area contributed by atoms with Gasteiger partial charge in [-0.1, -0.05) is 36.4 Å². The summed E-state index contributed by atoms with van der Waals surface area (Å²) in [6, 6.07) is 11.8. The fourth-order valence-corrected chi connectivity index (χ4v) is 2.20. The van der Waals surface area contributed by atoms with Crippen molar-refractivity contribution in [3.8, 4) is 5.75 Å². The number of benzene rings is 2. The van der Waals surface area contributed by atoms with Crippen LogP contribution in [0.4, 0.5) is 0 Å². The van der Waals surface area contributed by atoms with Crippen molar-refractivity contribution in [2.24, 2.45) is 0 Å². The van der Waals surface area contributed by atoms with Crippen molar-refractivity contribution in [3.05, 3.63) is 64.7 Å². The normalized spacial score (nSPS) is 11.3. The molecule has 5 nitrogen and oxygen atoms in total. The minimum absolute atomic E-state index is 0.0599.